The monoisotopic (exact) mass is 317 g/mol. The molecule has 0 unspecified atom stereocenters. The van der Waals surface area contributed by atoms with Crippen LogP contribution in [0.5, 0.6) is 0 Å². The third-order valence-corrected chi connectivity index (χ3v) is 3.41. The normalized spacial score (nSPS) is 12.1. The maximum atomic E-state index is 12.2. The second kappa shape index (κ2) is 8.45. The lowest BCUT2D eigenvalue weighted by atomic mass is 10.2. The average Bonchev–Trinajstić information content (AvgIpc) is 2.99. The van der Waals surface area contributed by atoms with Crippen LogP contribution >= 0.6 is 0 Å². The van der Waals surface area contributed by atoms with Gasteiger partial charge in [-0.05, 0) is 32.4 Å². The van der Waals surface area contributed by atoms with E-state index < -0.39 is 6.10 Å². The summed E-state index contributed by atoms with van der Waals surface area (Å²) < 4.78 is 12.4. The molecule has 0 aliphatic carbocycles. The maximum absolute atomic E-state index is 12.2. The molecule has 0 aliphatic rings. The first-order chi connectivity index (χ1) is 11.1. The molecule has 2 aromatic rings. The van der Waals surface area contributed by atoms with Crippen molar-refractivity contribution in [3.05, 3.63) is 42.1 Å². The van der Waals surface area contributed by atoms with Gasteiger partial charge in [0.1, 0.15) is 11.9 Å². The van der Waals surface area contributed by atoms with E-state index in [4.69, 9.17) is 9.47 Å². The number of para-hydroxylation sites is 1. The number of nitrogens with one attached hydrogen (secondary N) is 1. The van der Waals surface area contributed by atoms with Crippen LogP contribution in [-0.4, -0.2) is 41.6 Å². The highest BCUT2D eigenvalue weighted by atomic mass is 16.5. The first-order valence-corrected chi connectivity index (χ1v) is 7.73. The van der Waals surface area contributed by atoms with E-state index in [2.05, 4.69) is 10.4 Å². The van der Waals surface area contributed by atoms with Crippen molar-refractivity contribution >= 4 is 11.7 Å². The van der Waals surface area contributed by atoms with E-state index in [1.165, 1.54) is 0 Å². The molecule has 23 heavy (non-hydrogen) atoms. The van der Waals surface area contributed by atoms with Crippen LogP contribution < -0.4 is 5.32 Å². The predicted molar refractivity (Wildman–Crippen MR) is 88.8 cm³/mol. The summed E-state index contributed by atoms with van der Waals surface area (Å²) in [6.45, 7) is 7.15. The summed E-state index contributed by atoms with van der Waals surface area (Å²) in [5.74, 6) is 0.404. The number of hydrogen-bond donors (Lipinski definition) is 1. The first kappa shape index (κ1) is 17.2. The van der Waals surface area contributed by atoms with Crippen LogP contribution in [0.15, 0.2) is 36.5 Å². The van der Waals surface area contributed by atoms with E-state index in [9.17, 15) is 4.79 Å². The van der Waals surface area contributed by atoms with Crippen molar-refractivity contribution in [2.75, 3.05) is 25.1 Å². The van der Waals surface area contributed by atoms with Crippen LogP contribution in [0.3, 0.4) is 0 Å². The molecule has 0 aliphatic heterocycles. The molecule has 1 aromatic carbocycles. The number of benzene rings is 1. The lowest BCUT2D eigenvalue weighted by Gasteiger charge is -2.15. The molecular weight excluding hydrogens is 294 g/mol. The van der Waals surface area contributed by atoms with Crippen LogP contribution in [0.1, 0.15) is 19.4 Å². The Kier molecular flexibility index (Phi) is 6.31. The van der Waals surface area contributed by atoms with Gasteiger partial charge >= 0.3 is 0 Å². The Hall–Kier alpha value is -2.18. The van der Waals surface area contributed by atoms with Crippen molar-refractivity contribution in [2.24, 2.45) is 0 Å². The third kappa shape index (κ3) is 4.64. The second-order valence-corrected chi connectivity index (χ2v) is 5.11. The van der Waals surface area contributed by atoms with Crippen LogP contribution in [0.4, 0.5) is 5.82 Å². The maximum Gasteiger partial charge on any atom is 0.254 e. The summed E-state index contributed by atoms with van der Waals surface area (Å²) in [4.78, 5) is 12.2. The van der Waals surface area contributed by atoms with Crippen molar-refractivity contribution in [1.82, 2.24) is 9.78 Å². The fraction of sp³-hybridized carbons (Fsp3) is 0.412. The van der Waals surface area contributed by atoms with Gasteiger partial charge in [0.05, 0.1) is 25.1 Å². The minimum absolute atomic E-state index is 0.211. The van der Waals surface area contributed by atoms with Crippen LogP contribution in [0.2, 0.25) is 0 Å². The zero-order valence-corrected chi connectivity index (χ0v) is 13.8. The number of aromatic nitrogens is 2. The van der Waals surface area contributed by atoms with E-state index in [0.717, 1.165) is 11.3 Å². The number of amides is 1. The van der Waals surface area contributed by atoms with Gasteiger partial charge in [-0.2, -0.15) is 5.10 Å². The molecule has 0 saturated heterocycles. The SMILES string of the molecule is CCOCCO[C@H](C)C(=O)Nc1ccnn1-c1ccccc1C. The zero-order chi connectivity index (χ0) is 16.7. The molecule has 1 aromatic heterocycles. The van der Waals surface area contributed by atoms with Gasteiger partial charge in [-0.25, -0.2) is 4.68 Å². The van der Waals surface area contributed by atoms with Crippen molar-refractivity contribution in [1.29, 1.82) is 0 Å². The summed E-state index contributed by atoms with van der Waals surface area (Å²) in [6.07, 6.45) is 1.10. The highest BCUT2D eigenvalue weighted by molar-refractivity contribution is 5.93. The topological polar surface area (TPSA) is 65.4 Å². The van der Waals surface area contributed by atoms with Gasteiger partial charge in [0.25, 0.3) is 5.91 Å². The molecule has 1 amide bonds. The molecule has 0 saturated carbocycles. The number of carbonyl (C=O) groups excluding carboxylic acids is 1. The molecule has 0 fully saturated rings. The van der Waals surface area contributed by atoms with Gasteiger partial charge in [-0.15, -0.1) is 0 Å². The minimum Gasteiger partial charge on any atom is -0.379 e. The number of rotatable bonds is 8. The molecule has 6 heteroatoms. The molecule has 0 radical (unpaired) electrons. The van der Waals surface area contributed by atoms with Crippen LogP contribution in [0, 0.1) is 6.92 Å². The number of nitrogens with zero attached hydrogens (tertiary/aromatic N) is 2. The Morgan fingerprint density at radius 2 is 2.09 bits per heavy atom. The van der Waals surface area contributed by atoms with Gasteiger partial charge in [0.15, 0.2) is 0 Å². The largest absolute Gasteiger partial charge is 0.379 e. The van der Waals surface area contributed by atoms with E-state index >= 15 is 0 Å². The van der Waals surface area contributed by atoms with Gasteiger partial charge in [-0.1, -0.05) is 18.2 Å². The first-order valence-electron chi connectivity index (χ1n) is 7.73. The summed E-state index contributed by atoms with van der Waals surface area (Å²) in [5, 5.41) is 7.14. The quantitative estimate of drug-likeness (QED) is 0.760. The van der Waals surface area contributed by atoms with Crippen molar-refractivity contribution in [3.8, 4) is 5.69 Å². The lowest BCUT2D eigenvalue weighted by Crippen LogP contribution is -2.29. The Morgan fingerprint density at radius 3 is 2.83 bits per heavy atom. The van der Waals surface area contributed by atoms with Crippen molar-refractivity contribution < 1.29 is 14.3 Å². The number of aryl methyl sites for hydroxylation is 1. The summed E-state index contributed by atoms with van der Waals surface area (Å²) in [6, 6.07) is 9.63. The van der Waals surface area contributed by atoms with E-state index in [1.807, 2.05) is 38.1 Å². The smallest absolute Gasteiger partial charge is 0.254 e. The molecule has 2 rings (SSSR count). The Labute approximate surface area is 136 Å². The highest BCUT2D eigenvalue weighted by Gasteiger charge is 2.16. The van der Waals surface area contributed by atoms with E-state index in [0.29, 0.717) is 25.6 Å². The van der Waals surface area contributed by atoms with E-state index in [-0.39, 0.29) is 5.91 Å². The summed E-state index contributed by atoms with van der Waals surface area (Å²) >= 11 is 0. The molecule has 124 valence electrons. The summed E-state index contributed by atoms with van der Waals surface area (Å²) in [5.41, 5.74) is 2.01. The number of carbonyl (C=O) groups is 1. The van der Waals surface area contributed by atoms with Gasteiger partial charge in [0, 0.05) is 12.7 Å². The van der Waals surface area contributed by atoms with Gasteiger partial charge < -0.3 is 14.8 Å². The average molecular weight is 317 g/mol. The predicted octanol–water partition coefficient (Wildman–Crippen LogP) is 2.56. The fourth-order valence-corrected chi connectivity index (χ4v) is 2.12. The van der Waals surface area contributed by atoms with Gasteiger partial charge in [0.2, 0.25) is 0 Å². The molecule has 1 atom stereocenters. The van der Waals surface area contributed by atoms with Crippen LogP contribution in [0.25, 0.3) is 5.69 Å². The fourth-order valence-electron chi connectivity index (χ4n) is 2.12. The molecular formula is C17H23N3O3. The molecule has 1 N–H and O–H groups in total. The van der Waals surface area contributed by atoms with Crippen LogP contribution in [-0.2, 0) is 14.3 Å². The molecule has 6 nitrogen and oxygen atoms in total. The Balaban J connectivity index is 2.00. The van der Waals surface area contributed by atoms with Gasteiger partial charge in [-0.3, -0.25) is 4.79 Å². The highest BCUT2D eigenvalue weighted by Crippen LogP contribution is 2.18. The standard InChI is InChI=1S/C17H23N3O3/c1-4-22-11-12-23-14(3)17(21)19-16-9-10-18-20(16)15-8-6-5-7-13(15)2/h5-10,14H,4,11-12H2,1-3H3,(H,19,21)/t14-/m1/s1. The molecule has 0 bridgehead atoms. The minimum atomic E-state index is -0.560. The zero-order valence-electron chi connectivity index (χ0n) is 13.8. The lowest BCUT2D eigenvalue weighted by molar-refractivity contribution is -0.127. The number of ether oxygens (including phenoxy) is 2. The van der Waals surface area contributed by atoms with Crippen molar-refractivity contribution in [3.63, 3.8) is 0 Å². The van der Waals surface area contributed by atoms with E-state index in [1.54, 1.807) is 23.9 Å². The number of anilines is 1. The Morgan fingerprint density at radius 1 is 1.30 bits per heavy atom. The van der Waals surface area contributed by atoms with Crippen molar-refractivity contribution in [2.45, 2.75) is 26.9 Å². The molecule has 1 heterocycles. The second-order valence-electron chi connectivity index (χ2n) is 5.11. The third-order valence-electron chi connectivity index (χ3n) is 3.41. The number of hydrogen-bond acceptors (Lipinski definition) is 4. The molecule has 0 spiro atoms. The summed E-state index contributed by atoms with van der Waals surface area (Å²) in [7, 11) is 0. The Bertz CT molecular complexity index is 640.